The Balaban J connectivity index is 2.29. The summed E-state index contributed by atoms with van der Waals surface area (Å²) in [6.07, 6.45) is 7.86. The van der Waals surface area contributed by atoms with Crippen LogP contribution < -0.4 is 0 Å². The fourth-order valence-corrected chi connectivity index (χ4v) is 3.50. The molecule has 0 bridgehead atoms. The first kappa shape index (κ1) is 21.9. The number of ether oxygens (including phenoxy) is 1. The zero-order valence-electron chi connectivity index (χ0n) is 16.3. The highest BCUT2D eigenvalue weighted by Gasteiger charge is 2.23. The van der Waals surface area contributed by atoms with Gasteiger partial charge in [0.25, 0.3) is 0 Å². The molecular formula is C21H34O3S. The summed E-state index contributed by atoms with van der Waals surface area (Å²) < 4.78 is 5.42. The lowest BCUT2D eigenvalue weighted by atomic mass is 9.83. The summed E-state index contributed by atoms with van der Waals surface area (Å²) in [6.45, 7) is 8.74. The van der Waals surface area contributed by atoms with E-state index in [1.165, 1.54) is 38.5 Å². The molecule has 0 saturated carbocycles. The summed E-state index contributed by atoms with van der Waals surface area (Å²) in [5, 5.41) is 9.69. The molecule has 0 aliphatic heterocycles. The smallest absolute Gasteiger partial charge is 0.338 e. The van der Waals surface area contributed by atoms with E-state index in [1.807, 2.05) is 32.5 Å². The van der Waals surface area contributed by atoms with Crippen LogP contribution in [0.5, 0.6) is 5.75 Å². The maximum Gasteiger partial charge on any atom is 0.338 e. The number of rotatable bonds is 11. The minimum Gasteiger partial charge on any atom is -0.508 e. The van der Waals surface area contributed by atoms with E-state index in [0.29, 0.717) is 12.2 Å². The summed E-state index contributed by atoms with van der Waals surface area (Å²) >= 11 is 1.85. The third-order valence-electron chi connectivity index (χ3n) is 4.13. The number of benzene rings is 1. The third-order valence-corrected chi connectivity index (χ3v) is 5.17. The Bertz CT molecular complexity index is 520. The van der Waals surface area contributed by atoms with E-state index in [1.54, 1.807) is 18.2 Å². The minimum absolute atomic E-state index is 0.177. The quantitative estimate of drug-likeness (QED) is 0.389. The highest BCUT2D eigenvalue weighted by molar-refractivity contribution is 7.99. The Kier molecular flexibility index (Phi) is 10.0. The van der Waals surface area contributed by atoms with Gasteiger partial charge in [-0.25, -0.2) is 4.79 Å². The first-order valence-corrected chi connectivity index (χ1v) is 10.6. The largest absolute Gasteiger partial charge is 0.508 e. The molecule has 1 N–H and O–H groups in total. The van der Waals surface area contributed by atoms with Gasteiger partial charge < -0.3 is 9.84 Å². The fourth-order valence-electron chi connectivity index (χ4n) is 2.69. The van der Waals surface area contributed by atoms with Gasteiger partial charge in [0.1, 0.15) is 12.4 Å². The number of unbranched alkanes of at least 4 members (excludes halogenated alkanes) is 5. The van der Waals surface area contributed by atoms with Gasteiger partial charge in [0.2, 0.25) is 0 Å². The zero-order chi connectivity index (χ0) is 18.7. The molecule has 0 amide bonds. The van der Waals surface area contributed by atoms with Crippen LogP contribution in [0.25, 0.3) is 0 Å². The molecule has 0 aliphatic carbocycles. The summed E-state index contributed by atoms with van der Waals surface area (Å²) in [5.74, 6) is 1.85. The van der Waals surface area contributed by atoms with Crippen LogP contribution in [-0.4, -0.2) is 29.2 Å². The molecule has 1 aromatic rings. The van der Waals surface area contributed by atoms with Gasteiger partial charge in [-0.2, -0.15) is 11.8 Å². The number of phenolic OH excluding ortho intramolecular Hbond substituents is 1. The molecular weight excluding hydrogens is 332 g/mol. The molecule has 3 nitrogen and oxygen atoms in total. The molecule has 0 aromatic heterocycles. The molecule has 0 fully saturated rings. The van der Waals surface area contributed by atoms with Crippen LogP contribution in [0.3, 0.4) is 0 Å². The van der Waals surface area contributed by atoms with Crippen LogP contribution in [0.2, 0.25) is 0 Å². The first-order chi connectivity index (χ1) is 11.9. The second kappa shape index (κ2) is 11.5. The maximum absolute atomic E-state index is 12.3. The van der Waals surface area contributed by atoms with E-state index in [9.17, 15) is 9.90 Å². The molecule has 0 unspecified atom stereocenters. The van der Waals surface area contributed by atoms with Crippen molar-refractivity contribution in [3.05, 3.63) is 29.3 Å². The molecule has 4 heteroatoms. The number of thioether (sulfide) groups is 1. The molecule has 0 saturated heterocycles. The van der Waals surface area contributed by atoms with Gasteiger partial charge in [-0.1, -0.05) is 59.8 Å². The van der Waals surface area contributed by atoms with Crippen LogP contribution in [0.15, 0.2) is 18.2 Å². The van der Waals surface area contributed by atoms with E-state index < -0.39 is 0 Å². The topological polar surface area (TPSA) is 46.5 Å². The highest BCUT2D eigenvalue weighted by Crippen LogP contribution is 2.29. The number of hydrogen-bond donors (Lipinski definition) is 1. The number of phenols is 1. The fraction of sp³-hybridized carbons (Fsp3) is 0.667. The predicted molar refractivity (Wildman–Crippen MR) is 108 cm³/mol. The van der Waals surface area contributed by atoms with Crippen molar-refractivity contribution in [1.82, 2.24) is 0 Å². The van der Waals surface area contributed by atoms with Crippen molar-refractivity contribution in [2.75, 3.05) is 18.1 Å². The third kappa shape index (κ3) is 8.66. The van der Waals surface area contributed by atoms with E-state index in [4.69, 9.17) is 4.74 Å². The lowest BCUT2D eigenvalue weighted by molar-refractivity contribution is 0.0527. The molecule has 142 valence electrons. The van der Waals surface area contributed by atoms with Crippen LogP contribution in [0, 0.1) is 0 Å². The molecule has 0 spiro atoms. The normalized spacial score (nSPS) is 11.5. The number of aromatic hydroxyl groups is 1. The van der Waals surface area contributed by atoms with Crippen LogP contribution in [-0.2, 0) is 10.2 Å². The Morgan fingerprint density at radius 3 is 2.44 bits per heavy atom. The van der Waals surface area contributed by atoms with E-state index in [2.05, 4.69) is 6.92 Å². The zero-order valence-corrected chi connectivity index (χ0v) is 17.1. The highest BCUT2D eigenvalue weighted by atomic mass is 32.2. The van der Waals surface area contributed by atoms with Crippen molar-refractivity contribution >= 4 is 17.7 Å². The summed E-state index contributed by atoms with van der Waals surface area (Å²) in [6, 6.07) is 4.85. The van der Waals surface area contributed by atoms with Gasteiger partial charge in [0, 0.05) is 5.75 Å². The Morgan fingerprint density at radius 2 is 1.76 bits per heavy atom. The maximum atomic E-state index is 12.3. The Labute approximate surface area is 157 Å². The van der Waals surface area contributed by atoms with Gasteiger partial charge in [-0.3, -0.25) is 0 Å². The monoisotopic (exact) mass is 366 g/mol. The summed E-state index contributed by atoms with van der Waals surface area (Å²) in [5.41, 5.74) is 1.14. The summed E-state index contributed by atoms with van der Waals surface area (Å²) in [7, 11) is 0. The second-order valence-electron chi connectivity index (χ2n) is 7.50. The first-order valence-electron chi connectivity index (χ1n) is 9.44. The van der Waals surface area contributed by atoms with Crippen LogP contribution >= 0.6 is 11.8 Å². The van der Waals surface area contributed by atoms with Gasteiger partial charge in [0.15, 0.2) is 0 Å². The van der Waals surface area contributed by atoms with Gasteiger partial charge >= 0.3 is 5.97 Å². The van der Waals surface area contributed by atoms with E-state index in [-0.39, 0.29) is 17.1 Å². The average Bonchev–Trinajstić information content (AvgIpc) is 2.55. The van der Waals surface area contributed by atoms with Crippen molar-refractivity contribution in [3.63, 3.8) is 0 Å². The van der Waals surface area contributed by atoms with Crippen molar-refractivity contribution in [2.45, 2.75) is 71.6 Å². The molecule has 0 radical (unpaired) electrons. The van der Waals surface area contributed by atoms with Crippen molar-refractivity contribution in [1.29, 1.82) is 0 Å². The standard InChI is InChI=1S/C21H34O3S/c1-5-6-7-8-9-10-14-25-15-13-24-20(23)18-12-11-17(22)16-19(18)21(2,3)4/h11-12,16,22H,5-10,13-15H2,1-4H3. The summed E-state index contributed by atoms with van der Waals surface area (Å²) in [4.78, 5) is 12.3. The molecule has 0 heterocycles. The number of esters is 1. The van der Waals surface area contributed by atoms with Gasteiger partial charge in [0.05, 0.1) is 5.56 Å². The predicted octanol–water partition coefficient (Wildman–Crippen LogP) is 5.94. The van der Waals surface area contributed by atoms with Crippen LogP contribution in [0.4, 0.5) is 0 Å². The molecule has 0 atom stereocenters. The molecule has 1 aromatic carbocycles. The van der Waals surface area contributed by atoms with E-state index >= 15 is 0 Å². The van der Waals surface area contributed by atoms with Crippen molar-refractivity contribution in [2.24, 2.45) is 0 Å². The molecule has 25 heavy (non-hydrogen) atoms. The molecule has 0 aliphatic rings. The number of hydrogen-bond acceptors (Lipinski definition) is 4. The van der Waals surface area contributed by atoms with Crippen molar-refractivity contribution < 1.29 is 14.6 Å². The lowest BCUT2D eigenvalue weighted by Crippen LogP contribution is -2.18. The SMILES string of the molecule is CCCCCCCCSCCOC(=O)c1ccc(O)cc1C(C)(C)C. The van der Waals surface area contributed by atoms with Gasteiger partial charge in [-0.05, 0) is 41.4 Å². The van der Waals surface area contributed by atoms with Gasteiger partial charge in [-0.15, -0.1) is 0 Å². The number of carbonyl (C=O) groups excluding carboxylic acids is 1. The van der Waals surface area contributed by atoms with E-state index in [0.717, 1.165) is 17.1 Å². The lowest BCUT2D eigenvalue weighted by Gasteiger charge is -2.22. The second-order valence-corrected chi connectivity index (χ2v) is 8.72. The number of carbonyl (C=O) groups is 1. The average molecular weight is 367 g/mol. The van der Waals surface area contributed by atoms with Crippen molar-refractivity contribution in [3.8, 4) is 5.75 Å². The van der Waals surface area contributed by atoms with Crippen LogP contribution in [0.1, 0.15) is 82.1 Å². The Morgan fingerprint density at radius 1 is 1.08 bits per heavy atom. The molecule has 1 rings (SSSR count). The minimum atomic E-state index is -0.301. The Hall–Kier alpha value is -1.16.